The zero-order valence-electron chi connectivity index (χ0n) is 16.2. The molecule has 0 amide bonds. The molecule has 1 aliphatic heterocycles. The van der Waals surface area contributed by atoms with Crippen LogP contribution in [0.25, 0.3) is 0 Å². The summed E-state index contributed by atoms with van der Waals surface area (Å²) in [5.41, 5.74) is 1.15. The van der Waals surface area contributed by atoms with Gasteiger partial charge in [-0.3, -0.25) is 0 Å². The van der Waals surface area contributed by atoms with E-state index in [9.17, 15) is 0 Å². The van der Waals surface area contributed by atoms with Crippen LogP contribution in [-0.2, 0) is 19.8 Å². The predicted octanol–water partition coefficient (Wildman–Crippen LogP) is 6.53. The van der Waals surface area contributed by atoms with E-state index < -0.39 is 11.4 Å². The van der Waals surface area contributed by atoms with Crippen LogP contribution >= 0.6 is 23.2 Å². The topological polar surface area (TPSA) is 27.7 Å². The van der Waals surface area contributed by atoms with E-state index in [2.05, 4.69) is 26.0 Å². The SMILES string of the molecule is CCC(OC(C)c1ccccc1)C1(c2ccc(Cl)cc2Cl)COC(C)(C)O1. The van der Waals surface area contributed by atoms with E-state index in [1.807, 2.05) is 44.2 Å². The highest BCUT2D eigenvalue weighted by Gasteiger charge is 2.53. The van der Waals surface area contributed by atoms with E-state index >= 15 is 0 Å². The molecule has 0 aromatic heterocycles. The van der Waals surface area contributed by atoms with Crippen molar-refractivity contribution in [2.45, 2.75) is 57.7 Å². The molecule has 3 atom stereocenters. The summed E-state index contributed by atoms with van der Waals surface area (Å²) < 4.78 is 18.9. The lowest BCUT2D eigenvalue weighted by Gasteiger charge is -2.38. The van der Waals surface area contributed by atoms with Crippen LogP contribution in [0.3, 0.4) is 0 Å². The van der Waals surface area contributed by atoms with Gasteiger partial charge in [0.15, 0.2) is 5.79 Å². The van der Waals surface area contributed by atoms with E-state index in [0.717, 1.165) is 17.5 Å². The van der Waals surface area contributed by atoms with Gasteiger partial charge in [0.1, 0.15) is 5.60 Å². The molecule has 2 aromatic carbocycles. The van der Waals surface area contributed by atoms with E-state index in [4.69, 9.17) is 37.4 Å². The van der Waals surface area contributed by atoms with Crippen LogP contribution < -0.4 is 0 Å². The van der Waals surface area contributed by atoms with Crippen molar-refractivity contribution in [2.24, 2.45) is 0 Å². The Labute approximate surface area is 171 Å². The van der Waals surface area contributed by atoms with Crippen LogP contribution in [0.2, 0.25) is 10.0 Å². The molecule has 5 heteroatoms. The van der Waals surface area contributed by atoms with Gasteiger partial charge in [0.25, 0.3) is 0 Å². The lowest BCUT2D eigenvalue weighted by Crippen LogP contribution is -2.45. The molecule has 0 spiro atoms. The van der Waals surface area contributed by atoms with Gasteiger partial charge < -0.3 is 14.2 Å². The van der Waals surface area contributed by atoms with Crippen LogP contribution in [0.15, 0.2) is 48.5 Å². The summed E-state index contributed by atoms with van der Waals surface area (Å²) in [5.74, 6) is -0.726. The van der Waals surface area contributed by atoms with Crippen molar-refractivity contribution in [2.75, 3.05) is 6.61 Å². The van der Waals surface area contributed by atoms with Crippen molar-refractivity contribution in [1.29, 1.82) is 0 Å². The molecule has 146 valence electrons. The summed E-state index contributed by atoms with van der Waals surface area (Å²) >= 11 is 12.7. The minimum absolute atomic E-state index is 0.0913. The summed E-state index contributed by atoms with van der Waals surface area (Å²) in [5, 5.41) is 1.14. The Bertz CT molecular complexity index is 778. The first-order valence-corrected chi connectivity index (χ1v) is 10.0. The third-order valence-electron chi connectivity index (χ3n) is 4.98. The van der Waals surface area contributed by atoms with Crippen molar-refractivity contribution in [3.8, 4) is 0 Å². The highest BCUT2D eigenvalue weighted by atomic mass is 35.5. The van der Waals surface area contributed by atoms with Gasteiger partial charge in [-0.1, -0.05) is 66.5 Å². The van der Waals surface area contributed by atoms with Gasteiger partial charge in [-0.05, 0) is 44.9 Å². The summed E-state index contributed by atoms with van der Waals surface area (Å²) in [6.45, 7) is 8.32. The highest BCUT2D eigenvalue weighted by Crippen LogP contribution is 2.47. The second-order valence-electron chi connectivity index (χ2n) is 7.39. The molecule has 0 N–H and O–H groups in total. The highest BCUT2D eigenvalue weighted by molar-refractivity contribution is 6.35. The monoisotopic (exact) mass is 408 g/mol. The molecule has 0 aliphatic carbocycles. The molecule has 0 bridgehead atoms. The van der Waals surface area contributed by atoms with Gasteiger partial charge in [0, 0.05) is 15.6 Å². The van der Waals surface area contributed by atoms with Crippen molar-refractivity contribution < 1.29 is 14.2 Å². The van der Waals surface area contributed by atoms with Crippen LogP contribution in [0.1, 0.15) is 51.3 Å². The van der Waals surface area contributed by atoms with Gasteiger partial charge in [0.2, 0.25) is 0 Å². The Balaban J connectivity index is 1.99. The van der Waals surface area contributed by atoms with Gasteiger partial charge >= 0.3 is 0 Å². The average molecular weight is 409 g/mol. The third-order valence-corrected chi connectivity index (χ3v) is 5.53. The largest absolute Gasteiger partial charge is 0.367 e. The minimum atomic E-state index is -0.803. The number of benzene rings is 2. The molecule has 1 heterocycles. The predicted molar refractivity (Wildman–Crippen MR) is 109 cm³/mol. The van der Waals surface area contributed by atoms with E-state index in [-0.39, 0.29) is 12.2 Å². The second-order valence-corrected chi connectivity index (χ2v) is 8.23. The van der Waals surface area contributed by atoms with Gasteiger partial charge in [-0.15, -0.1) is 0 Å². The maximum Gasteiger partial charge on any atom is 0.164 e. The Hall–Kier alpha value is -1.10. The molecule has 0 saturated carbocycles. The van der Waals surface area contributed by atoms with Crippen LogP contribution in [0, 0.1) is 0 Å². The Kier molecular flexibility index (Phi) is 6.19. The molecule has 1 fully saturated rings. The lowest BCUT2D eigenvalue weighted by atomic mass is 9.86. The van der Waals surface area contributed by atoms with Gasteiger partial charge in [-0.2, -0.15) is 0 Å². The quantitative estimate of drug-likeness (QED) is 0.543. The third kappa shape index (κ3) is 4.33. The maximum absolute atomic E-state index is 6.57. The second kappa shape index (κ2) is 8.10. The van der Waals surface area contributed by atoms with Gasteiger partial charge in [-0.25, -0.2) is 0 Å². The average Bonchev–Trinajstić information content (AvgIpc) is 2.96. The van der Waals surface area contributed by atoms with Crippen LogP contribution in [0.4, 0.5) is 0 Å². The van der Waals surface area contributed by atoms with Crippen molar-refractivity contribution >= 4 is 23.2 Å². The number of halogens is 2. The molecular formula is C22H26Cl2O3. The fourth-order valence-electron chi connectivity index (χ4n) is 3.66. The van der Waals surface area contributed by atoms with Crippen molar-refractivity contribution in [3.05, 3.63) is 69.7 Å². The number of ether oxygens (including phenoxy) is 3. The molecule has 27 heavy (non-hydrogen) atoms. The Morgan fingerprint density at radius 3 is 2.37 bits per heavy atom. The summed E-state index contributed by atoms with van der Waals surface area (Å²) in [6.07, 6.45) is 0.412. The molecule has 2 aromatic rings. The molecule has 3 nitrogen and oxygen atoms in total. The van der Waals surface area contributed by atoms with Crippen LogP contribution in [-0.4, -0.2) is 18.5 Å². The molecule has 0 radical (unpaired) electrons. The fourth-order valence-corrected chi connectivity index (χ4v) is 4.23. The van der Waals surface area contributed by atoms with E-state index in [1.165, 1.54) is 0 Å². The Morgan fingerprint density at radius 1 is 1.11 bits per heavy atom. The molecular weight excluding hydrogens is 383 g/mol. The molecule has 1 saturated heterocycles. The zero-order chi connectivity index (χ0) is 19.7. The molecule has 3 rings (SSSR count). The zero-order valence-corrected chi connectivity index (χ0v) is 17.7. The smallest absolute Gasteiger partial charge is 0.164 e. The lowest BCUT2D eigenvalue weighted by molar-refractivity contribution is -0.205. The van der Waals surface area contributed by atoms with Gasteiger partial charge in [0.05, 0.1) is 18.8 Å². The first-order valence-electron chi connectivity index (χ1n) is 9.27. The number of hydrogen-bond acceptors (Lipinski definition) is 3. The number of rotatable bonds is 6. The van der Waals surface area contributed by atoms with Crippen molar-refractivity contribution in [1.82, 2.24) is 0 Å². The van der Waals surface area contributed by atoms with E-state index in [0.29, 0.717) is 16.7 Å². The van der Waals surface area contributed by atoms with Crippen LogP contribution in [0.5, 0.6) is 0 Å². The minimum Gasteiger partial charge on any atom is -0.367 e. The summed E-state index contributed by atoms with van der Waals surface area (Å²) in [7, 11) is 0. The standard InChI is InChI=1S/C22H26Cl2O3/c1-5-20(26-15(2)16-9-7-6-8-10-16)22(14-25-21(3,4)27-22)18-12-11-17(23)13-19(18)24/h6-13,15,20H,5,14H2,1-4H3. The Morgan fingerprint density at radius 2 is 1.81 bits per heavy atom. The first kappa shape index (κ1) is 20.6. The normalized spacial score (nSPS) is 23.9. The summed E-state index contributed by atoms with van der Waals surface area (Å²) in [6, 6.07) is 15.6. The van der Waals surface area contributed by atoms with Crippen molar-refractivity contribution in [3.63, 3.8) is 0 Å². The summed E-state index contributed by atoms with van der Waals surface area (Å²) in [4.78, 5) is 0. The molecule has 3 unspecified atom stereocenters. The maximum atomic E-state index is 6.57. The molecule has 1 aliphatic rings. The van der Waals surface area contributed by atoms with E-state index in [1.54, 1.807) is 6.07 Å². The first-order chi connectivity index (χ1) is 12.8. The fraction of sp³-hybridized carbons (Fsp3) is 0.455. The number of hydrogen-bond donors (Lipinski definition) is 0.